The van der Waals surface area contributed by atoms with Gasteiger partial charge in [-0.05, 0) is 31.2 Å². The molecule has 0 amide bonds. The number of nitrogens with one attached hydrogen (secondary N) is 1. The van der Waals surface area contributed by atoms with Crippen molar-refractivity contribution in [3.8, 4) is 0 Å². The third-order valence-corrected chi connectivity index (χ3v) is 3.93. The van der Waals surface area contributed by atoms with Crippen molar-refractivity contribution < 1.29 is 9.53 Å². The largest absolute Gasteiger partial charge is 0.469 e. The van der Waals surface area contributed by atoms with Crippen molar-refractivity contribution in [3.63, 3.8) is 0 Å². The molecule has 4 nitrogen and oxygen atoms in total. The van der Waals surface area contributed by atoms with Crippen LogP contribution < -0.4 is 10.2 Å². The van der Waals surface area contributed by atoms with Gasteiger partial charge in [0.25, 0.3) is 0 Å². The van der Waals surface area contributed by atoms with Crippen molar-refractivity contribution in [2.75, 3.05) is 25.1 Å². The highest BCUT2D eigenvalue weighted by molar-refractivity contribution is 9.10. The Hall–Kier alpha value is -1.07. The highest BCUT2D eigenvalue weighted by Gasteiger charge is 2.28. The third kappa shape index (κ3) is 3.70. The Bertz CT molecular complexity index is 436. The summed E-state index contributed by atoms with van der Waals surface area (Å²) in [5.41, 5.74) is 1.14. The molecule has 0 aromatic heterocycles. The van der Waals surface area contributed by atoms with Crippen LogP contribution in [0.15, 0.2) is 28.7 Å². The highest BCUT2D eigenvalue weighted by atomic mass is 79.9. The van der Waals surface area contributed by atoms with Crippen molar-refractivity contribution in [3.05, 3.63) is 28.7 Å². The minimum absolute atomic E-state index is 0.143. The molecule has 5 heteroatoms. The average molecular weight is 327 g/mol. The average Bonchev–Trinajstić information content (AvgIpc) is 2.41. The van der Waals surface area contributed by atoms with E-state index in [1.165, 1.54) is 7.11 Å². The Balaban J connectivity index is 2.16. The summed E-state index contributed by atoms with van der Waals surface area (Å²) in [6.07, 6.45) is 0.409. The maximum atomic E-state index is 11.5. The zero-order valence-corrected chi connectivity index (χ0v) is 12.8. The van der Waals surface area contributed by atoms with Crippen molar-refractivity contribution in [2.24, 2.45) is 0 Å². The van der Waals surface area contributed by atoms with Crippen molar-refractivity contribution >= 4 is 27.6 Å². The molecule has 0 aliphatic carbocycles. The van der Waals surface area contributed by atoms with Gasteiger partial charge in [-0.3, -0.25) is 4.79 Å². The number of benzene rings is 1. The molecular weight excluding hydrogens is 308 g/mol. The maximum Gasteiger partial charge on any atom is 0.307 e. The number of rotatable bonds is 3. The Morgan fingerprint density at radius 1 is 1.47 bits per heavy atom. The molecule has 104 valence electrons. The molecule has 0 saturated carbocycles. The van der Waals surface area contributed by atoms with Gasteiger partial charge < -0.3 is 15.0 Å². The first-order valence-electron chi connectivity index (χ1n) is 6.42. The minimum Gasteiger partial charge on any atom is -0.469 e. The lowest BCUT2D eigenvalue weighted by Gasteiger charge is -2.40. The van der Waals surface area contributed by atoms with E-state index in [-0.39, 0.29) is 12.0 Å². The zero-order valence-electron chi connectivity index (χ0n) is 11.2. The van der Waals surface area contributed by atoms with Gasteiger partial charge in [-0.2, -0.15) is 0 Å². The molecule has 1 aliphatic rings. The highest BCUT2D eigenvalue weighted by Crippen LogP contribution is 2.23. The molecule has 2 atom stereocenters. The number of anilines is 1. The van der Waals surface area contributed by atoms with Crippen LogP contribution in [0, 0.1) is 0 Å². The van der Waals surface area contributed by atoms with E-state index in [4.69, 9.17) is 4.74 Å². The molecule has 1 N–H and O–H groups in total. The molecule has 19 heavy (non-hydrogen) atoms. The van der Waals surface area contributed by atoms with Crippen LogP contribution in [0.4, 0.5) is 5.69 Å². The molecule has 0 spiro atoms. The molecule has 1 aliphatic heterocycles. The number of carbonyl (C=O) groups is 1. The Morgan fingerprint density at radius 2 is 2.16 bits per heavy atom. The van der Waals surface area contributed by atoms with Crippen LogP contribution in [0.1, 0.15) is 13.3 Å². The first-order chi connectivity index (χ1) is 9.10. The van der Waals surface area contributed by atoms with Gasteiger partial charge in [0.1, 0.15) is 0 Å². The van der Waals surface area contributed by atoms with Gasteiger partial charge in [0.05, 0.1) is 19.6 Å². The maximum absolute atomic E-state index is 11.5. The Kier molecular flexibility index (Phi) is 4.82. The monoisotopic (exact) mass is 326 g/mol. The van der Waals surface area contributed by atoms with Crippen LogP contribution in [0.3, 0.4) is 0 Å². The summed E-state index contributed by atoms with van der Waals surface area (Å²) in [6.45, 7) is 3.84. The second kappa shape index (κ2) is 6.39. The Morgan fingerprint density at radius 3 is 2.79 bits per heavy atom. The van der Waals surface area contributed by atoms with Crippen LogP contribution >= 0.6 is 15.9 Å². The van der Waals surface area contributed by atoms with Crippen LogP contribution in [-0.4, -0.2) is 38.3 Å². The second-order valence-electron chi connectivity index (χ2n) is 4.87. The molecule has 1 aromatic carbocycles. The summed E-state index contributed by atoms with van der Waals surface area (Å²) < 4.78 is 5.84. The standard InChI is InChI=1S/C14H19BrN2O2/c1-10-9-17(12-5-3-11(15)4-6-12)13(8-16-10)7-14(18)19-2/h3-6,10,13,16H,7-9H2,1-2H3. The number of hydrogen-bond acceptors (Lipinski definition) is 4. The second-order valence-corrected chi connectivity index (χ2v) is 5.79. The van der Waals surface area contributed by atoms with Gasteiger partial charge in [0.2, 0.25) is 0 Å². The molecule has 0 radical (unpaired) electrons. The van der Waals surface area contributed by atoms with E-state index in [0.29, 0.717) is 12.5 Å². The van der Waals surface area contributed by atoms with Gasteiger partial charge in [-0.1, -0.05) is 15.9 Å². The van der Waals surface area contributed by atoms with E-state index in [1.54, 1.807) is 0 Å². The van der Waals surface area contributed by atoms with Crippen LogP contribution in [-0.2, 0) is 9.53 Å². The number of halogens is 1. The quantitative estimate of drug-likeness (QED) is 0.864. The normalized spacial score (nSPS) is 23.2. The summed E-state index contributed by atoms with van der Waals surface area (Å²) in [5.74, 6) is -0.163. The van der Waals surface area contributed by atoms with Crippen LogP contribution in [0.2, 0.25) is 0 Å². The summed E-state index contributed by atoms with van der Waals surface area (Å²) in [4.78, 5) is 13.8. The number of piperazine rings is 1. The molecule has 1 heterocycles. The van der Waals surface area contributed by atoms with Crippen molar-refractivity contribution in [1.29, 1.82) is 0 Å². The van der Waals surface area contributed by atoms with Gasteiger partial charge in [0, 0.05) is 29.3 Å². The summed E-state index contributed by atoms with van der Waals surface area (Å²) >= 11 is 3.44. The molecule has 2 rings (SSSR count). The van der Waals surface area contributed by atoms with E-state index < -0.39 is 0 Å². The molecular formula is C14H19BrN2O2. The number of carbonyl (C=O) groups excluding carboxylic acids is 1. The topological polar surface area (TPSA) is 41.6 Å². The van der Waals surface area contributed by atoms with Gasteiger partial charge in [-0.15, -0.1) is 0 Å². The summed E-state index contributed by atoms with van der Waals surface area (Å²) in [5, 5.41) is 3.41. The lowest BCUT2D eigenvalue weighted by Crippen LogP contribution is -2.56. The predicted octanol–water partition coefficient (Wildman–Crippen LogP) is 2.18. The SMILES string of the molecule is COC(=O)CC1CNC(C)CN1c1ccc(Br)cc1. The van der Waals surface area contributed by atoms with E-state index in [0.717, 1.165) is 23.2 Å². The number of methoxy groups -OCH3 is 1. The molecule has 1 aromatic rings. The summed E-state index contributed by atoms with van der Waals surface area (Å²) in [6, 6.07) is 8.76. The predicted molar refractivity (Wildman–Crippen MR) is 79.4 cm³/mol. The lowest BCUT2D eigenvalue weighted by atomic mass is 10.1. The molecule has 0 bridgehead atoms. The van der Waals surface area contributed by atoms with E-state index in [1.807, 2.05) is 12.1 Å². The molecule has 2 unspecified atom stereocenters. The Labute approximate surface area is 122 Å². The van der Waals surface area contributed by atoms with Gasteiger partial charge in [-0.25, -0.2) is 0 Å². The van der Waals surface area contributed by atoms with Gasteiger partial charge in [0.15, 0.2) is 0 Å². The smallest absolute Gasteiger partial charge is 0.307 e. The molecule has 1 saturated heterocycles. The summed E-state index contributed by atoms with van der Waals surface area (Å²) in [7, 11) is 1.44. The lowest BCUT2D eigenvalue weighted by molar-refractivity contribution is -0.141. The molecule has 1 fully saturated rings. The van der Waals surface area contributed by atoms with Gasteiger partial charge >= 0.3 is 5.97 Å². The number of hydrogen-bond donors (Lipinski definition) is 1. The van der Waals surface area contributed by atoms with Crippen molar-refractivity contribution in [1.82, 2.24) is 5.32 Å². The van der Waals surface area contributed by atoms with E-state index in [2.05, 4.69) is 45.2 Å². The fraction of sp³-hybridized carbons (Fsp3) is 0.500. The zero-order chi connectivity index (χ0) is 13.8. The third-order valence-electron chi connectivity index (χ3n) is 3.40. The van der Waals surface area contributed by atoms with Crippen LogP contribution in [0.5, 0.6) is 0 Å². The number of ether oxygens (including phenoxy) is 1. The number of esters is 1. The first kappa shape index (κ1) is 14.3. The van der Waals surface area contributed by atoms with E-state index in [9.17, 15) is 4.79 Å². The first-order valence-corrected chi connectivity index (χ1v) is 7.22. The fourth-order valence-corrected chi connectivity index (χ4v) is 2.63. The fourth-order valence-electron chi connectivity index (χ4n) is 2.36. The number of nitrogens with zero attached hydrogens (tertiary/aromatic N) is 1. The minimum atomic E-state index is -0.163. The van der Waals surface area contributed by atoms with Crippen molar-refractivity contribution in [2.45, 2.75) is 25.4 Å². The van der Waals surface area contributed by atoms with Crippen LogP contribution in [0.25, 0.3) is 0 Å². The van der Waals surface area contributed by atoms with E-state index >= 15 is 0 Å².